The molecule has 6 nitrogen and oxygen atoms in total. The van der Waals surface area contributed by atoms with E-state index in [0.29, 0.717) is 23.3 Å². The monoisotopic (exact) mass is 391 g/mol. The number of aliphatic imine (C=N–C) groups is 1. The molecule has 28 heavy (non-hydrogen) atoms. The van der Waals surface area contributed by atoms with E-state index >= 15 is 0 Å². The maximum absolute atomic E-state index is 12.4. The lowest BCUT2D eigenvalue weighted by molar-refractivity contribution is -0.139. The highest BCUT2D eigenvalue weighted by Gasteiger charge is 2.31. The van der Waals surface area contributed by atoms with Crippen LogP contribution in [0.3, 0.4) is 0 Å². The van der Waals surface area contributed by atoms with Crippen LogP contribution in [0.5, 0.6) is 0 Å². The molecule has 2 saturated carbocycles. The van der Waals surface area contributed by atoms with E-state index in [1.807, 2.05) is 0 Å². The van der Waals surface area contributed by atoms with E-state index in [4.69, 9.17) is 4.99 Å². The number of piperazine rings is 1. The number of carbonyl (C=O) groups excluding carboxylic acids is 1. The molecule has 0 aromatic carbocycles. The molecule has 0 spiro atoms. The molecule has 1 amide bonds. The Morgan fingerprint density at radius 3 is 2.32 bits per heavy atom. The van der Waals surface area contributed by atoms with Crippen molar-refractivity contribution in [3.8, 4) is 0 Å². The summed E-state index contributed by atoms with van der Waals surface area (Å²) in [5.74, 6) is 1.69. The third kappa shape index (κ3) is 6.10. The van der Waals surface area contributed by atoms with Gasteiger partial charge >= 0.3 is 0 Å². The molecule has 6 heteroatoms. The highest BCUT2D eigenvalue weighted by atomic mass is 16.2. The summed E-state index contributed by atoms with van der Waals surface area (Å²) in [7, 11) is 0. The Kier molecular flexibility index (Phi) is 7.61. The van der Waals surface area contributed by atoms with E-state index in [9.17, 15) is 4.79 Å². The standard InChI is InChI=1S/C22H41N5O/c1-4-23-21(25-19-8-10-22(2,3)11-9-19)24-12-13-26-14-16-27(17-15-26)20(28)18-6-5-7-18/h18-19H,4-17H2,1-3H3,(H2,23,24,25). The van der Waals surface area contributed by atoms with Crippen molar-refractivity contribution < 1.29 is 4.79 Å². The van der Waals surface area contributed by atoms with E-state index in [-0.39, 0.29) is 0 Å². The third-order valence-corrected chi connectivity index (χ3v) is 6.85. The largest absolute Gasteiger partial charge is 0.357 e. The normalized spacial score (nSPS) is 24.7. The van der Waals surface area contributed by atoms with E-state index < -0.39 is 0 Å². The quantitative estimate of drug-likeness (QED) is 0.539. The van der Waals surface area contributed by atoms with Crippen LogP contribution in [-0.4, -0.2) is 73.5 Å². The Labute approximate surface area is 171 Å². The predicted octanol–water partition coefficient (Wildman–Crippen LogP) is 2.45. The van der Waals surface area contributed by atoms with E-state index in [1.165, 1.54) is 32.1 Å². The molecule has 3 aliphatic rings. The van der Waals surface area contributed by atoms with Gasteiger partial charge in [0.2, 0.25) is 5.91 Å². The van der Waals surface area contributed by atoms with Gasteiger partial charge in [0.1, 0.15) is 0 Å². The third-order valence-electron chi connectivity index (χ3n) is 6.85. The zero-order valence-corrected chi connectivity index (χ0v) is 18.3. The van der Waals surface area contributed by atoms with Gasteiger partial charge in [-0.25, -0.2) is 0 Å². The molecule has 0 bridgehead atoms. The molecule has 0 aromatic heterocycles. The fourth-order valence-electron chi connectivity index (χ4n) is 4.47. The second kappa shape index (κ2) is 9.95. The second-order valence-corrected chi connectivity index (χ2v) is 9.64. The molecule has 2 N–H and O–H groups in total. The van der Waals surface area contributed by atoms with Crippen LogP contribution in [0.15, 0.2) is 4.99 Å². The number of rotatable bonds is 6. The molecule has 1 aliphatic heterocycles. The van der Waals surface area contributed by atoms with Gasteiger partial charge in [-0.3, -0.25) is 14.7 Å². The summed E-state index contributed by atoms with van der Waals surface area (Å²) in [6, 6.07) is 0.548. The van der Waals surface area contributed by atoms with Crippen LogP contribution in [-0.2, 0) is 4.79 Å². The van der Waals surface area contributed by atoms with Crippen LogP contribution in [0, 0.1) is 11.3 Å². The highest BCUT2D eigenvalue weighted by Crippen LogP contribution is 2.35. The molecule has 0 unspecified atom stereocenters. The molecular weight excluding hydrogens is 350 g/mol. The predicted molar refractivity (Wildman–Crippen MR) is 116 cm³/mol. The summed E-state index contributed by atoms with van der Waals surface area (Å²) in [4.78, 5) is 21.7. The number of amides is 1. The van der Waals surface area contributed by atoms with Gasteiger partial charge in [0.25, 0.3) is 0 Å². The molecule has 3 fully saturated rings. The lowest BCUT2D eigenvalue weighted by atomic mass is 9.75. The van der Waals surface area contributed by atoms with Gasteiger partial charge in [0, 0.05) is 51.2 Å². The number of guanidine groups is 1. The van der Waals surface area contributed by atoms with E-state index in [0.717, 1.165) is 64.6 Å². The molecule has 1 heterocycles. The Bertz CT molecular complexity index is 525. The Balaban J connectivity index is 1.37. The average molecular weight is 392 g/mol. The van der Waals surface area contributed by atoms with E-state index in [2.05, 4.69) is 41.2 Å². The van der Waals surface area contributed by atoms with Gasteiger partial charge in [-0.1, -0.05) is 20.3 Å². The van der Waals surface area contributed by atoms with Gasteiger partial charge in [-0.15, -0.1) is 0 Å². The highest BCUT2D eigenvalue weighted by molar-refractivity contribution is 5.80. The van der Waals surface area contributed by atoms with Crippen LogP contribution in [0.1, 0.15) is 65.7 Å². The van der Waals surface area contributed by atoms with Crippen LogP contribution in [0.4, 0.5) is 0 Å². The Hall–Kier alpha value is -1.30. The van der Waals surface area contributed by atoms with Gasteiger partial charge < -0.3 is 15.5 Å². The lowest BCUT2D eigenvalue weighted by Gasteiger charge is -2.38. The van der Waals surface area contributed by atoms with Gasteiger partial charge in [-0.2, -0.15) is 0 Å². The zero-order valence-electron chi connectivity index (χ0n) is 18.3. The van der Waals surface area contributed by atoms with Gasteiger partial charge in [0.05, 0.1) is 6.54 Å². The summed E-state index contributed by atoms with van der Waals surface area (Å²) < 4.78 is 0. The van der Waals surface area contributed by atoms with Crippen molar-refractivity contribution in [2.24, 2.45) is 16.3 Å². The maximum Gasteiger partial charge on any atom is 0.225 e. The smallest absolute Gasteiger partial charge is 0.225 e. The van der Waals surface area contributed by atoms with Crippen molar-refractivity contribution in [2.45, 2.75) is 71.8 Å². The van der Waals surface area contributed by atoms with Crippen molar-refractivity contribution in [1.82, 2.24) is 20.4 Å². The lowest BCUT2D eigenvalue weighted by Crippen LogP contribution is -2.51. The maximum atomic E-state index is 12.4. The molecule has 0 atom stereocenters. The molecule has 2 aliphatic carbocycles. The number of hydrogen-bond donors (Lipinski definition) is 2. The SMILES string of the molecule is CCNC(=NCCN1CCN(C(=O)C2CCC2)CC1)NC1CCC(C)(C)CC1. The first kappa shape index (κ1) is 21.4. The van der Waals surface area contributed by atoms with Crippen molar-refractivity contribution >= 4 is 11.9 Å². The molecule has 160 valence electrons. The van der Waals surface area contributed by atoms with Crippen LogP contribution < -0.4 is 10.6 Å². The van der Waals surface area contributed by atoms with Crippen LogP contribution in [0.2, 0.25) is 0 Å². The van der Waals surface area contributed by atoms with Crippen molar-refractivity contribution in [1.29, 1.82) is 0 Å². The average Bonchev–Trinajstić information content (AvgIpc) is 2.62. The van der Waals surface area contributed by atoms with Gasteiger partial charge in [-0.05, 0) is 50.9 Å². The Morgan fingerprint density at radius 1 is 1.07 bits per heavy atom. The summed E-state index contributed by atoms with van der Waals surface area (Å²) in [6.07, 6.45) is 8.47. The fraction of sp³-hybridized carbons (Fsp3) is 0.909. The molecule has 1 saturated heterocycles. The summed E-state index contributed by atoms with van der Waals surface area (Å²) >= 11 is 0. The first-order chi connectivity index (χ1) is 13.5. The number of nitrogens with one attached hydrogen (secondary N) is 2. The molecule has 0 radical (unpaired) electrons. The summed E-state index contributed by atoms with van der Waals surface area (Å²) in [5, 5.41) is 7.05. The van der Waals surface area contributed by atoms with Crippen molar-refractivity contribution in [2.75, 3.05) is 45.8 Å². The minimum Gasteiger partial charge on any atom is -0.357 e. The zero-order chi connectivity index (χ0) is 20.0. The molecular formula is C22H41N5O. The first-order valence-corrected chi connectivity index (χ1v) is 11.5. The second-order valence-electron chi connectivity index (χ2n) is 9.64. The van der Waals surface area contributed by atoms with Crippen molar-refractivity contribution in [3.63, 3.8) is 0 Å². The fourth-order valence-corrected chi connectivity index (χ4v) is 4.47. The number of carbonyl (C=O) groups is 1. The first-order valence-electron chi connectivity index (χ1n) is 11.5. The number of hydrogen-bond acceptors (Lipinski definition) is 3. The minimum atomic E-state index is 0.329. The van der Waals surface area contributed by atoms with Crippen molar-refractivity contribution in [3.05, 3.63) is 0 Å². The minimum absolute atomic E-state index is 0.329. The van der Waals surface area contributed by atoms with E-state index in [1.54, 1.807) is 0 Å². The molecule has 0 aromatic rings. The van der Waals surface area contributed by atoms with Crippen LogP contribution >= 0.6 is 0 Å². The molecule has 3 rings (SSSR count). The Morgan fingerprint density at radius 2 is 1.75 bits per heavy atom. The number of nitrogens with zero attached hydrogens (tertiary/aromatic N) is 3. The summed E-state index contributed by atoms with van der Waals surface area (Å²) in [6.45, 7) is 13.3. The summed E-state index contributed by atoms with van der Waals surface area (Å²) in [5.41, 5.74) is 0.496. The topological polar surface area (TPSA) is 60.0 Å². The van der Waals surface area contributed by atoms with Crippen LogP contribution in [0.25, 0.3) is 0 Å². The van der Waals surface area contributed by atoms with Gasteiger partial charge in [0.15, 0.2) is 5.96 Å².